The predicted molar refractivity (Wildman–Crippen MR) is 76.1 cm³/mol. The van der Waals surface area contributed by atoms with E-state index in [2.05, 4.69) is 10.1 Å². The molecule has 0 unspecified atom stereocenters. The highest BCUT2D eigenvalue weighted by Gasteiger charge is 2.20. The van der Waals surface area contributed by atoms with Crippen molar-refractivity contribution in [1.82, 2.24) is 10.1 Å². The summed E-state index contributed by atoms with van der Waals surface area (Å²) in [6, 6.07) is 8.04. The number of anilines is 1. The molecule has 21 heavy (non-hydrogen) atoms. The molecule has 106 valence electrons. The van der Waals surface area contributed by atoms with Gasteiger partial charge >= 0.3 is 0 Å². The van der Waals surface area contributed by atoms with Crippen molar-refractivity contribution in [3.63, 3.8) is 0 Å². The van der Waals surface area contributed by atoms with Gasteiger partial charge in [-0.25, -0.2) is 4.39 Å². The molecule has 0 saturated heterocycles. The standard InChI is InChI=1S/C15H12FN3O2/c1-20-10-2-3-11(12(16)8-10)14-13(15(17)21-19-14)9-4-6-18-7-5-9/h2-8H,17H2,1H3. The minimum absolute atomic E-state index is 0.131. The second kappa shape index (κ2) is 5.24. The van der Waals surface area contributed by atoms with Crippen molar-refractivity contribution in [2.45, 2.75) is 0 Å². The van der Waals surface area contributed by atoms with E-state index in [4.69, 9.17) is 15.0 Å². The number of nitrogens with zero attached hydrogens (tertiary/aromatic N) is 2. The molecule has 0 atom stereocenters. The van der Waals surface area contributed by atoms with Crippen LogP contribution in [0, 0.1) is 5.82 Å². The zero-order valence-electron chi connectivity index (χ0n) is 11.2. The highest BCUT2D eigenvalue weighted by molar-refractivity contribution is 5.86. The lowest BCUT2D eigenvalue weighted by molar-refractivity contribution is 0.411. The van der Waals surface area contributed by atoms with Crippen molar-refractivity contribution in [1.29, 1.82) is 0 Å². The molecule has 2 heterocycles. The molecule has 3 rings (SSSR count). The summed E-state index contributed by atoms with van der Waals surface area (Å²) < 4.78 is 24.2. The van der Waals surface area contributed by atoms with Crippen molar-refractivity contribution >= 4 is 5.88 Å². The number of hydrogen-bond donors (Lipinski definition) is 1. The smallest absolute Gasteiger partial charge is 0.230 e. The number of pyridine rings is 1. The molecule has 0 aliphatic heterocycles. The maximum absolute atomic E-state index is 14.2. The van der Waals surface area contributed by atoms with Gasteiger partial charge in [0.1, 0.15) is 17.3 Å². The molecule has 2 aromatic heterocycles. The van der Waals surface area contributed by atoms with Crippen LogP contribution in [0.2, 0.25) is 0 Å². The van der Waals surface area contributed by atoms with Crippen LogP contribution in [0.15, 0.2) is 47.2 Å². The van der Waals surface area contributed by atoms with Gasteiger partial charge in [0, 0.05) is 24.0 Å². The first kappa shape index (κ1) is 13.1. The number of aromatic nitrogens is 2. The number of methoxy groups -OCH3 is 1. The van der Waals surface area contributed by atoms with Gasteiger partial charge in [-0.3, -0.25) is 4.98 Å². The van der Waals surface area contributed by atoms with Crippen LogP contribution in [0.5, 0.6) is 5.75 Å². The van der Waals surface area contributed by atoms with Gasteiger partial charge in [0.15, 0.2) is 0 Å². The fraction of sp³-hybridized carbons (Fsp3) is 0.0667. The van der Waals surface area contributed by atoms with E-state index in [9.17, 15) is 4.39 Å². The Hall–Kier alpha value is -2.89. The fourth-order valence-electron chi connectivity index (χ4n) is 2.10. The molecule has 6 heteroatoms. The molecule has 0 bridgehead atoms. The Bertz CT molecular complexity index is 772. The number of rotatable bonds is 3. The summed E-state index contributed by atoms with van der Waals surface area (Å²) in [6.07, 6.45) is 3.24. The van der Waals surface area contributed by atoms with Gasteiger partial charge in [-0.15, -0.1) is 0 Å². The Morgan fingerprint density at radius 2 is 1.95 bits per heavy atom. The predicted octanol–water partition coefficient (Wildman–Crippen LogP) is 3.13. The quantitative estimate of drug-likeness (QED) is 0.800. The van der Waals surface area contributed by atoms with E-state index in [1.165, 1.54) is 13.2 Å². The Morgan fingerprint density at radius 1 is 1.19 bits per heavy atom. The van der Waals surface area contributed by atoms with Crippen molar-refractivity contribution in [2.75, 3.05) is 12.8 Å². The molecule has 3 aromatic rings. The average molecular weight is 285 g/mol. The van der Waals surface area contributed by atoms with E-state index in [1.807, 2.05) is 0 Å². The van der Waals surface area contributed by atoms with Gasteiger partial charge in [0.25, 0.3) is 0 Å². The minimum Gasteiger partial charge on any atom is -0.497 e. The van der Waals surface area contributed by atoms with E-state index in [0.717, 1.165) is 5.56 Å². The number of nitrogen functional groups attached to an aromatic ring is 1. The summed E-state index contributed by atoms with van der Waals surface area (Å²) in [5, 5.41) is 3.88. The SMILES string of the molecule is COc1ccc(-c2noc(N)c2-c2ccncc2)c(F)c1. The third kappa shape index (κ3) is 2.31. The first-order valence-electron chi connectivity index (χ1n) is 6.20. The van der Waals surface area contributed by atoms with Crippen LogP contribution in [0.25, 0.3) is 22.4 Å². The molecule has 1 aromatic carbocycles. The van der Waals surface area contributed by atoms with Crippen molar-refractivity contribution < 1.29 is 13.7 Å². The first-order chi connectivity index (χ1) is 10.2. The lowest BCUT2D eigenvalue weighted by Gasteiger charge is -2.05. The number of hydrogen-bond acceptors (Lipinski definition) is 5. The van der Waals surface area contributed by atoms with Crippen LogP contribution >= 0.6 is 0 Å². The Balaban J connectivity index is 2.17. The lowest BCUT2D eigenvalue weighted by Crippen LogP contribution is -1.91. The van der Waals surface area contributed by atoms with Gasteiger partial charge in [0.2, 0.25) is 5.88 Å². The first-order valence-corrected chi connectivity index (χ1v) is 6.20. The van der Waals surface area contributed by atoms with Crippen LogP contribution in [0.3, 0.4) is 0 Å². The van der Waals surface area contributed by atoms with Crippen LogP contribution in [0.4, 0.5) is 10.3 Å². The molecule has 5 nitrogen and oxygen atoms in total. The Labute approximate surface area is 120 Å². The Morgan fingerprint density at radius 3 is 2.62 bits per heavy atom. The third-order valence-electron chi connectivity index (χ3n) is 3.12. The number of halogens is 1. The van der Waals surface area contributed by atoms with Gasteiger partial charge in [-0.05, 0) is 29.8 Å². The maximum Gasteiger partial charge on any atom is 0.230 e. The lowest BCUT2D eigenvalue weighted by atomic mass is 10.0. The van der Waals surface area contributed by atoms with E-state index in [1.54, 1.807) is 36.7 Å². The molecule has 0 aliphatic rings. The second-order valence-electron chi connectivity index (χ2n) is 4.35. The normalized spacial score (nSPS) is 10.6. The summed E-state index contributed by atoms with van der Waals surface area (Å²) in [7, 11) is 1.48. The topological polar surface area (TPSA) is 74.2 Å². The van der Waals surface area contributed by atoms with Gasteiger partial charge in [-0.1, -0.05) is 5.16 Å². The second-order valence-corrected chi connectivity index (χ2v) is 4.35. The number of benzene rings is 1. The molecular formula is C15H12FN3O2. The van der Waals surface area contributed by atoms with Crippen molar-refractivity contribution in [3.8, 4) is 28.1 Å². The van der Waals surface area contributed by atoms with Crippen LogP contribution in [-0.2, 0) is 0 Å². The summed E-state index contributed by atoms with van der Waals surface area (Å²) in [6.45, 7) is 0. The molecule has 0 saturated carbocycles. The molecule has 0 aliphatic carbocycles. The summed E-state index contributed by atoms with van der Waals surface area (Å²) in [4.78, 5) is 3.95. The van der Waals surface area contributed by atoms with E-state index < -0.39 is 5.82 Å². The van der Waals surface area contributed by atoms with E-state index in [-0.39, 0.29) is 5.88 Å². The van der Waals surface area contributed by atoms with Crippen LogP contribution in [0.1, 0.15) is 0 Å². The monoisotopic (exact) mass is 285 g/mol. The van der Waals surface area contributed by atoms with Gasteiger partial charge < -0.3 is 15.0 Å². The largest absolute Gasteiger partial charge is 0.497 e. The maximum atomic E-state index is 14.2. The molecule has 0 fully saturated rings. The average Bonchev–Trinajstić information content (AvgIpc) is 2.89. The number of ether oxygens (including phenoxy) is 1. The molecular weight excluding hydrogens is 273 g/mol. The van der Waals surface area contributed by atoms with Crippen LogP contribution in [-0.4, -0.2) is 17.3 Å². The molecule has 0 radical (unpaired) electrons. The van der Waals surface area contributed by atoms with Crippen molar-refractivity contribution in [3.05, 3.63) is 48.5 Å². The van der Waals surface area contributed by atoms with Crippen molar-refractivity contribution in [2.24, 2.45) is 0 Å². The highest BCUT2D eigenvalue weighted by atomic mass is 19.1. The molecule has 0 amide bonds. The summed E-state index contributed by atoms with van der Waals surface area (Å²) >= 11 is 0. The zero-order valence-corrected chi connectivity index (χ0v) is 11.2. The van der Waals surface area contributed by atoms with E-state index >= 15 is 0 Å². The summed E-state index contributed by atoms with van der Waals surface area (Å²) in [5.41, 5.74) is 7.76. The minimum atomic E-state index is -0.460. The van der Waals surface area contributed by atoms with Crippen LogP contribution < -0.4 is 10.5 Å². The molecule has 2 N–H and O–H groups in total. The Kier molecular flexibility index (Phi) is 3.27. The molecule has 0 spiro atoms. The van der Waals surface area contributed by atoms with Gasteiger partial charge in [-0.2, -0.15) is 0 Å². The zero-order chi connectivity index (χ0) is 14.8. The van der Waals surface area contributed by atoms with E-state index in [0.29, 0.717) is 22.6 Å². The van der Waals surface area contributed by atoms with Gasteiger partial charge in [0.05, 0.1) is 12.7 Å². The fourth-order valence-corrected chi connectivity index (χ4v) is 2.10. The highest BCUT2D eigenvalue weighted by Crippen LogP contribution is 2.37. The number of nitrogens with two attached hydrogens (primary N) is 1. The summed E-state index contributed by atoms with van der Waals surface area (Å²) in [5.74, 6) is 0.0996. The third-order valence-corrected chi connectivity index (χ3v) is 3.12.